The Morgan fingerprint density at radius 2 is 1.80 bits per heavy atom. The van der Waals surface area contributed by atoms with Gasteiger partial charge < -0.3 is 19.3 Å². The van der Waals surface area contributed by atoms with Gasteiger partial charge in [0.1, 0.15) is 12.3 Å². The number of nitrogens with zero attached hydrogens (tertiary/aromatic N) is 8. The van der Waals surface area contributed by atoms with Gasteiger partial charge in [-0.15, -0.1) is 10.2 Å². The van der Waals surface area contributed by atoms with Crippen LogP contribution in [-0.2, 0) is 16.2 Å². The van der Waals surface area contributed by atoms with Crippen LogP contribution in [0.3, 0.4) is 0 Å². The van der Waals surface area contributed by atoms with Gasteiger partial charge in [0.25, 0.3) is 0 Å². The normalized spacial score (nSPS) is 20.2. The molecule has 3 aromatic heterocycles. The third-order valence-electron chi connectivity index (χ3n) is 8.89. The van der Waals surface area contributed by atoms with Crippen molar-refractivity contribution in [2.75, 3.05) is 18.6 Å². The Labute approximate surface area is 266 Å². The molecular formula is C33H46N8O3Si. The van der Waals surface area contributed by atoms with Crippen molar-refractivity contribution in [3.8, 4) is 16.9 Å². The molecule has 11 nitrogen and oxygen atoms in total. The first kappa shape index (κ1) is 31.2. The molecule has 1 amide bonds. The summed E-state index contributed by atoms with van der Waals surface area (Å²) in [5.41, 5.74) is 3.12. The predicted octanol–water partition coefficient (Wildman–Crippen LogP) is 6.36. The minimum Gasteiger partial charge on any atom is -0.444 e. The van der Waals surface area contributed by atoms with Crippen molar-refractivity contribution in [2.24, 2.45) is 0 Å². The van der Waals surface area contributed by atoms with Crippen LogP contribution in [0.2, 0.25) is 25.7 Å². The van der Waals surface area contributed by atoms with Crippen LogP contribution in [0, 0.1) is 0 Å². The number of carbonyl (C=O) groups excluding carboxylic acids is 1. The predicted molar refractivity (Wildman–Crippen MR) is 178 cm³/mol. The largest absolute Gasteiger partial charge is 0.444 e. The van der Waals surface area contributed by atoms with Crippen LogP contribution in [-0.4, -0.2) is 86.2 Å². The first-order valence-corrected chi connectivity index (χ1v) is 19.7. The van der Waals surface area contributed by atoms with Crippen molar-refractivity contribution in [1.82, 2.24) is 34.7 Å². The van der Waals surface area contributed by atoms with E-state index in [0.717, 1.165) is 72.0 Å². The van der Waals surface area contributed by atoms with Gasteiger partial charge in [0, 0.05) is 63.2 Å². The van der Waals surface area contributed by atoms with Crippen LogP contribution in [0.15, 0.2) is 48.9 Å². The summed E-state index contributed by atoms with van der Waals surface area (Å²) in [6.07, 6.45) is 9.22. The number of aromatic nitrogens is 6. The van der Waals surface area contributed by atoms with Crippen LogP contribution in [0.4, 0.5) is 10.6 Å². The topological polar surface area (TPSA) is 103 Å². The SMILES string of the molecule is CN(c1ccc(-c2ccc(-n3cccn3)c3c2cnn3COCC[Si](C)(C)C)nn1)C1C[C@H]2CC[C@@H](C1)N2C(=O)OC(C)(C)C. The number of rotatable bonds is 9. The fraction of sp³-hybridized carbons (Fsp3) is 0.545. The molecule has 2 aliphatic rings. The summed E-state index contributed by atoms with van der Waals surface area (Å²) in [5.74, 6) is 0.824. The smallest absolute Gasteiger partial charge is 0.410 e. The van der Waals surface area contributed by atoms with E-state index in [2.05, 4.69) is 53.9 Å². The maximum Gasteiger partial charge on any atom is 0.410 e. The maximum atomic E-state index is 12.9. The summed E-state index contributed by atoms with van der Waals surface area (Å²) in [7, 11) is 0.891. The minimum absolute atomic E-state index is 0.188. The quantitative estimate of drug-likeness (QED) is 0.156. The van der Waals surface area contributed by atoms with Gasteiger partial charge in [-0.05, 0) is 82.8 Å². The lowest BCUT2D eigenvalue weighted by Gasteiger charge is -2.42. The van der Waals surface area contributed by atoms with Gasteiger partial charge in [-0.1, -0.05) is 19.6 Å². The average molecular weight is 631 g/mol. The summed E-state index contributed by atoms with van der Waals surface area (Å²) in [6, 6.07) is 11.9. The Balaban J connectivity index is 1.20. The van der Waals surface area contributed by atoms with Gasteiger partial charge in [-0.2, -0.15) is 10.2 Å². The number of hydrogen-bond donors (Lipinski definition) is 0. The molecule has 1 aromatic carbocycles. The number of fused-ring (bicyclic) bond motifs is 3. The van der Waals surface area contributed by atoms with Crippen molar-refractivity contribution in [2.45, 2.75) is 103 Å². The highest BCUT2D eigenvalue weighted by atomic mass is 28.3. The second-order valence-corrected chi connectivity index (χ2v) is 20.2. The number of anilines is 1. The minimum atomic E-state index is -1.19. The van der Waals surface area contributed by atoms with Gasteiger partial charge >= 0.3 is 6.09 Å². The van der Waals surface area contributed by atoms with E-state index in [1.165, 1.54) is 0 Å². The van der Waals surface area contributed by atoms with Crippen molar-refractivity contribution in [3.63, 3.8) is 0 Å². The van der Waals surface area contributed by atoms with Crippen molar-refractivity contribution in [1.29, 1.82) is 0 Å². The zero-order chi connectivity index (χ0) is 31.9. The highest BCUT2D eigenvalue weighted by Gasteiger charge is 2.46. The maximum absolute atomic E-state index is 12.9. The van der Waals surface area contributed by atoms with E-state index in [9.17, 15) is 4.79 Å². The third kappa shape index (κ3) is 6.76. The Morgan fingerprint density at radius 1 is 1.04 bits per heavy atom. The molecule has 45 heavy (non-hydrogen) atoms. The molecule has 0 aliphatic carbocycles. The third-order valence-corrected chi connectivity index (χ3v) is 10.6. The molecule has 3 atom stereocenters. The zero-order valence-electron chi connectivity index (χ0n) is 27.6. The highest BCUT2D eigenvalue weighted by molar-refractivity contribution is 6.76. The fourth-order valence-corrected chi connectivity index (χ4v) is 7.31. The van der Waals surface area contributed by atoms with E-state index < -0.39 is 13.7 Å². The van der Waals surface area contributed by atoms with Gasteiger partial charge in [0.2, 0.25) is 0 Å². The zero-order valence-corrected chi connectivity index (χ0v) is 28.6. The summed E-state index contributed by atoms with van der Waals surface area (Å²) in [4.78, 5) is 17.1. The number of carbonyl (C=O) groups is 1. The van der Waals surface area contributed by atoms with Crippen LogP contribution in [0.25, 0.3) is 27.8 Å². The second-order valence-electron chi connectivity index (χ2n) is 14.6. The molecule has 0 N–H and O–H groups in total. The molecule has 6 rings (SSSR count). The van der Waals surface area contributed by atoms with E-state index in [-0.39, 0.29) is 24.2 Å². The Bertz CT molecular complexity index is 1610. The van der Waals surface area contributed by atoms with Crippen LogP contribution < -0.4 is 4.90 Å². The number of hydrogen-bond acceptors (Lipinski definition) is 8. The van der Waals surface area contributed by atoms with Crippen molar-refractivity contribution >= 4 is 30.9 Å². The summed E-state index contributed by atoms with van der Waals surface area (Å²) < 4.78 is 15.6. The molecule has 4 aromatic rings. The molecule has 2 bridgehead atoms. The first-order chi connectivity index (χ1) is 21.4. The molecule has 240 valence electrons. The summed E-state index contributed by atoms with van der Waals surface area (Å²) >= 11 is 0. The van der Waals surface area contributed by atoms with Crippen molar-refractivity contribution < 1.29 is 14.3 Å². The van der Waals surface area contributed by atoms with E-state index in [1.807, 2.05) is 65.6 Å². The molecule has 12 heteroatoms. The molecule has 0 radical (unpaired) electrons. The summed E-state index contributed by atoms with van der Waals surface area (Å²) in [5, 5.41) is 19.5. The van der Waals surface area contributed by atoms with Crippen LogP contribution >= 0.6 is 0 Å². The molecule has 2 aliphatic heterocycles. The molecule has 1 unspecified atom stereocenters. The average Bonchev–Trinajstić information content (AvgIpc) is 3.72. The van der Waals surface area contributed by atoms with E-state index in [0.29, 0.717) is 6.73 Å². The first-order valence-electron chi connectivity index (χ1n) is 16.0. The fourth-order valence-electron chi connectivity index (χ4n) is 6.55. The highest BCUT2D eigenvalue weighted by Crippen LogP contribution is 2.39. The Hall–Kier alpha value is -3.77. The molecule has 0 saturated carbocycles. The number of ether oxygens (including phenoxy) is 2. The lowest BCUT2D eigenvalue weighted by atomic mass is 9.96. The molecule has 2 saturated heterocycles. The van der Waals surface area contributed by atoms with Crippen molar-refractivity contribution in [3.05, 3.63) is 48.9 Å². The van der Waals surface area contributed by atoms with Crippen LogP contribution in [0.5, 0.6) is 0 Å². The molecule has 0 spiro atoms. The van der Waals surface area contributed by atoms with Gasteiger partial charge in [-0.25, -0.2) is 14.2 Å². The monoisotopic (exact) mass is 630 g/mol. The lowest BCUT2D eigenvalue weighted by Crippen LogP contribution is -2.53. The summed E-state index contributed by atoms with van der Waals surface area (Å²) in [6.45, 7) is 13.9. The van der Waals surface area contributed by atoms with E-state index >= 15 is 0 Å². The van der Waals surface area contributed by atoms with Crippen LogP contribution in [0.1, 0.15) is 46.5 Å². The number of benzene rings is 1. The van der Waals surface area contributed by atoms with Gasteiger partial charge in [0.15, 0.2) is 5.82 Å². The van der Waals surface area contributed by atoms with E-state index in [4.69, 9.17) is 19.7 Å². The lowest BCUT2D eigenvalue weighted by molar-refractivity contribution is 0.00596. The molecule has 2 fully saturated rings. The number of piperidine rings is 1. The second kappa shape index (κ2) is 12.2. The molecule has 5 heterocycles. The number of amides is 1. The molecular weight excluding hydrogens is 585 g/mol. The van der Waals surface area contributed by atoms with Gasteiger partial charge in [0.05, 0.1) is 23.1 Å². The standard InChI is InChI=1S/C33H46N8O3Si/c1-33(2,3)44-32(42)41-23-9-10-24(41)20-25(19-23)38(4)30-14-12-28(36-37-30)26-11-13-29(39-16-8-15-34-39)31-27(26)21-35-40(31)22-43-17-18-45(5,6)7/h8,11-16,21,23-25H,9-10,17-20,22H2,1-7H3/t23-,24+,25?. The van der Waals surface area contributed by atoms with Gasteiger partial charge in [-0.3, -0.25) is 0 Å². The Kier molecular flexibility index (Phi) is 8.46. The Morgan fingerprint density at radius 3 is 2.42 bits per heavy atom. The van der Waals surface area contributed by atoms with E-state index in [1.54, 1.807) is 6.20 Å².